The molecule has 116 valence electrons. The maximum atomic E-state index is 12.1. The molecule has 2 atom stereocenters. The second-order valence-corrected chi connectivity index (χ2v) is 7.18. The first-order valence-electron chi connectivity index (χ1n) is 7.86. The van der Waals surface area contributed by atoms with E-state index < -0.39 is 6.10 Å². The lowest BCUT2D eigenvalue weighted by Crippen LogP contribution is -2.31. The van der Waals surface area contributed by atoms with Gasteiger partial charge in [-0.15, -0.1) is 0 Å². The monoisotopic (exact) mass is 289 g/mol. The summed E-state index contributed by atoms with van der Waals surface area (Å²) < 4.78 is 0. The molecule has 0 aromatic heterocycles. The Morgan fingerprint density at radius 2 is 1.90 bits per heavy atom. The number of hydrogen-bond acceptors (Lipinski definition) is 2. The number of carbonyl (C=O) groups is 1. The number of aliphatic hydroxyl groups is 1. The highest BCUT2D eigenvalue weighted by Crippen LogP contribution is 2.34. The molecule has 2 unspecified atom stereocenters. The topological polar surface area (TPSA) is 40.5 Å². The van der Waals surface area contributed by atoms with E-state index in [4.69, 9.17) is 0 Å². The van der Waals surface area contributed by atoms with Gasteiger partial charge in [-0.3, -0.25) is 4.79 Å². The molecule has 1 saturated heterocycles. The molecule has 0 saturated carbocycles. The van der Waals surface area contributed by atoms with Crippen molar-refractivity contribution in [3.05, 3.63) is 35.4 Å². The van der Waals surface area contributed by atoms with Gasteiger partial charge in [0.25, 0.3) is 0 Å². The smallest absolute Gasteiger partial charge is 0.223 e. The summed E-state index contributed by atoms with van der Waals surface area (Å²) in [5.74, 6) is 0.541. The van der Waals surface area contributed by atoms with Crippen LogP contribution in [0.3, 0.4) is 0 Å². The Hall–Kier alpha value is -1.35. The van der Waals surface area contributed by atoms with E-state index in [1.54, 1.807) is 0 Å². The molecular weight excluding hydrogens is 262 g/mol. The number of aliphatic hydroxyl groups excluding tert-OH is 1. The number of amides is 1. The van der Waals surface area contributed by atoms with Gasteiger partial charge in [-0.2, -0.15) is 0 Å². The van der Waals surface area contributed by atoms with Gasteiger partial charge < -0.3 is 10.0 Å². The molecule has 0 aliphatic carbocycles. The van der Waals surface area contributed by atoms with E-state index in [1.165, 1.54) is 5.56 Å². The molecular formula is C18H27NO2. The molecule has 1 amide bonds. The molecule has 1 aromatic carbocycles. The van der Waals surface area contributed by atoms with Crippen LogP contribution in [0.5, 0.6) is 0 Å². The van der Waals surface area contributed by atoms with Gasteiger partial charge in [-0.05, 0) is 28.9 Å². The van der Waals surface area contributed by atoms with Crippen molar-refractivity contribution in [2.75, 3.05) is 13.1 Å². The van der Waals surface area contributed by atoms with Gasteiger partial charge in [-0.1, -0.05) is 52.0 Å². The fourth-order valence-electron chi connectivity index (χ4n) is 2.82. The number of carbonyl (C=O) groups excluding carboxylic acids is 1. The van der Waals surface area contributed by atoms with Gasteiger partial charge >= 0.3 is 0 Å². The van der Waals surface area contributed by atoms with E-state index in [9.17, 15) is 9.90 Å². The summed E-state index contributed by atoms with van der Waals surface area (Å²) in [6, 6.07) is 8.02. The predicted octanol–water partition coefficient (Wildman–Crippen LogP) is 3.18. The van der Waals surface area contributed by atoms with Gasteiger partial charge in [0.1, 0.15) is 0 Å². The highest BCUT2D eigenvalue weighted by molar-refractivity contribution is 5.78. The lowest BCUT2D eigenvalue weighted by Gasteiger charge is -2.27. The Balaban J connectivity index is 1.99. The number of hydrogen-bond donors (Lipinski definition) is 1. The van der Waals surface area contributed by atoms with Crippen LogP contribution in [-0.4, -0.2) is 29.0 Å². The number of β-amino-alcohol motifs (C(OH)–C–C–N with tert-alkyl or cyclic N) is 1. The van der Waals surface area contributed by atoms with Crippen LogP contribution in [0.15, 0.2) is 24.3 Å². The molecule has 1 heterocycles. The minimum Gasteiger partial charge on any atom is -0.387 e. The second-order valence-electron chi connectivity index (χ2n) is 7.18. The van der Waals surface area contributed by atoms with Crippen LogP contribution in [-0.2, 0) is 11.2 Å². The standard InChI is InChI=1S/C18H27NO2/c1-5-13-6-8-14(9-7-13)16(20)12-19-11-15(10-17(19)21)18(2,3)4/h6-9,15-16,20H,5,10-12H2,1-4H3. The molecule has 21 heavy (non-hydrogen) atoms. The molecule has 3 heteroatoms. The molecule has 1 aliphatic heterocycles. The quantitative estimate of drug-likeness (QED) is 0.925. The Labute approximate surface area is 128 Å². The van der Waals surface area contributed by atoms with Crippen LogP contribution in [0.1, 0.15) is 51.3 Å². The third kappa shape index (κ3) is 3.85. The van der Waals surface area contributed by atoms with E-state index in [1.807, 2.05) is 29.2 Å². The molecule has 0 spiro atoms. The van der Waals surface area contributed by atoms with Crippen molar-refractivity contribution in [2.24, 2.45) is 11.3 Å². The molecule has 0 bridgehead atoms. The molecule has 0 radical (unpaired) electrons. The van der Waals surface area contributed by atoms with Crippen LogP contribution in [0.25, 0.3) is 0 Å². The third-order valence-corrected chi connectivity index (χ3v) is 4.61. The molecule has 1 aromatic rings. The average Bonchev–Trinajstić information content (AvgIpc) is 2.80. The Bertz CT molecular complexity index is 487. The first-order valence-corrected chi connectivity index (χ1v) is 7.86. The van der Waals surface area contributed by atoms with E-state index in [0.717, 1.165) is 18.5 Å². The zero-order valence-electron chi connectivity index (χ0n) is 13.6. The first kappa shape index (κ1) is 16.0. The minimum atomic E-state index is -0.599. The Kier molecular flexibility index (Phi) is 4.72. The SMILES string of the molecule is CCc1ccc(C(O)CN2CC(C(C)(C)C)CC2=O)cc1. The van der Waals surface area contributed by atoms with Crippen molar-refractivity contribution in [3.8, 4) is 0 Å². The zero-order chi connectivity index (χ0) is 15.6. The number of rotatable bonds is 4. The van der Waals surface area contributed by atoms with E-state index in [-0.39, 0.29) is 11.3 Å². The summed E-state index contributed by atoms with van der Waals surface area (Å²) in [7, 11) is 0. The number of likely N-dealkylation sites (tertiary alicyclic amines) is 1. The Morgan fingerprint density at radius 3 is 2.38 bits per heavy atom. The van der Waals surface area contributed by atoms with Crippen LogP contribution in [0.2, 0.25) is 0 Å². The van der Waals surface area contributed by atoms with E-state index in [2.05, 4.69) is 27.7 Å². The van der Waals surface area contributed by atoms with Crippen LogP contribution >= 0.6 is 0 Å². The van der Waals surface area contributed by atoms with Crippen LogP contribution in [0, 0.1) is 11.3 Å². The number of benzene rings is 1. The normalized spacial score (nSPS) is 20.9. The third-order valence-electron chi connectivity index (χ3n) is 4.61. The van der Waals surface area contributed by atoms with Gasteiger partial charge in [0.05, 0.1) is 12.6 Å². The maximum absolute atomic E-state index is 12.1. The molecule has 2 rings (SSSR count). The number of nitrogens with zero attached hydrogens (tertiary/aromatic N) is 1. The van der Waals surface area contributed by atoms with E-state index in [0.29, 0.717) is 18.9 Å². The molecule has 1 fully saturated rings. The molecule has 1 aliphatic rings. The van der Waals surface area contributed by atoms with Crippen LogP contribution < -0.4 is 0 Å². The summed E-state index contributed by atoms with van der Waals surface area (Å²) in [5, 5.41) is 10.4. The van der Waals surface area contributed by atoms with Crippen molar-refractivity contribution in [3.63, 3.8) is 0 Å². The molecule has 1 N–H and O–H groups in total. The lowest BCUT2D eigenvalue weighted by atomic mass is 9.80. The lowest BCUT2D eigenvalue weighted by molar-refractivity contribution is -0.129. The summed E-state index contributed by atoms with van der Waals surface area (Å²) in [6.07, 6.45) is 0.998. The van der Waals surface area contributed by atoms with Gasteiger partial charge in [-0.25, -0.2) is 0 Å². The summed E-state index contributed by atoms with van der Waals surface area (Å²) in [6.45, 7) is 9.79. The second kappa shape index (κ2) is 6.18. The van der Waals surface area contributed by atoms with Gasteiger partial charge in [0, 0.05) is 13.0 Å². The van der Waals surface area contributed by atoms with Crippen molar-refractivity contribution in [1.29, 1.82) is 0 Å². The highest BCUT2D eigenvalue weighted by Gasteiger charge is 2.37. The summed E-state index contributed by atoms with van der Waals surface area (Å²) in [5.41, 5.74) is 2.29. The van der Waals surface area contributed by atoms with Gasteiger partial charge in [0.2, 0.25) is 5.91 Å². The van der Waals surface area contributed by atoms with Crippen molar-refractivity contribution >= 4 is 5.91 Å². The fraction of sp³-hybridized carbons (Fsp3) is 0.611. The average molecular weight is 289 g/mol. The fourth-order valence-corrected chi connectivity index (χ4v) is 2.82. The summed E-state index contributed by atoms with van der Waals surface area (Å²) in [4.78, 5) is 13.9. The maximum Gasteiger partial charge on any atom is 0.223 e. The van der Waals surface area contributed by atoms with Crippen LogP contribution in [0.4, 0.5) is 0 Å². The van der Waals surface area contributed by atoms with E-state index >= 15 is 0 Å². The first-order chi connectivity index (χ1) is 9.81. The van der Waals surface area contributed by atoms with Gasteiger partial charge in [0.15, 0.2) is 0 Å². The zero-order valence-corrected chi connectivity index (χ0v) is 13.6. The minimum absolute atomic E-state index is 0.137. The predicted molar refractivity (Wildman–Crippen MR) is 84.9 cm³/mol. The molecule has 3 nitrogen and oxygen atoms in total. The summed E-state index contributed by atoms with van der Waals surface area (Å²) >= 11 is 0. The van der Waals surface area contributed by atoms with Crippen molar-refractivity contribution in [1.82, 2.24) is 4.90 Å². The largest absolute Gasteiger partial charge is 0.387 e. The number of aryl methyl sites for hydroxylation is 1. The Morgan fingerprint density at radius 1 is 1.29 bits per heavy atom. The van der Waals surface area contributed by atoms with Crippen molar-refractivity contribution < 1.29 is 9.90 Å². The highest BCUT2D eigenvalue weighted by atomic mass is 16.3. The van der Waals surface area contributed by atoms with Crippen molar-refractivity contribution in [2.45, 2.75) is 46.6 Å².